The maximum absolute atomic E-state index is 12.1. The lowest BCUT2D eigenvalue weighted by Gasteiger charge is -2.15. The van der Waals surface area contributed by atoms with E-state index in [4.69, 9.17) is 0 Å². The fourth-order valence-corrected chi connectivity index (χ4v) is 2.77. The number of hydrogen-bond donors (Lipinski definition) is 2. The van der Waals surface area contributed by atoms with Crippen molar-refractivity contribution in [2.75, 3.05) is 6.54 Å². The summed E-state index contributed by atoms with van der Waals surface area (Å²) >= 11 is 0. The van der Waals surface area contributed by atoms with Crippen LogP contribution in [0.15, 0.2) is 67.3 Å². The monoisotopic (exact) mass is 362 g/mol. The quantitative estimate of drug-likeness (QED) is 0.708. The topological polar surface area (TPSA) is 76.0 Å². The van der Waals surface area contributed by atoms with Gasteiger partial charge in [-0.25, -0.2) is 4.98 Å². The average molecular weight is 362 g/mol. The molecule has 0 saturated heterocycles. The summed E-state index contributed by atoms with van der Waals surface area (Å²) < 4.78 is 1.91. The number of nitrogens with one attached hydrogen (secondary N) is 2. The molecule has 6 nitrogen and oxygen atoms in total. The Hall–Kier alpha value is -3.41. The van der Waals surface area contributed by atoms with Crippen LogP contribution in [0, 0.1) is 6.92 Å². The van der Waals surface area contributed by atoms with E-state index < -0.39 is 0 Å². The van der Waals surface area contributed by atoms with Crippen LogP contribution in [-0.2, 0) is 4.79 Å². The van der Waals surface area contributed by atoms with Gasteiger partial charge in [-0.3, -0.25) is 9.59 Å². The Balaban J connectivity index is 1.52. The van der Waals surface area contributed by atoms with Crippen molar-refractivity contribution >= 4 is 11.8 Å². The predicted octanol–water partition coefficient (Wildman–Crippen LogP) is 2.79. The van der Waals surface area contributed by atoms with Gasteiger partial charge in [-0.1, -0.05) is 29.8 Å². The number of hydrogen-bond acceptors (Lipinski definition) is 3. The smallest absolute Gasteiger partial charge is 0.251 e. The number of aromatic nitrogens is 2. The van der Waals surface area contributed by atoms with Gasteiger partial charge in [0.15, 0.2) is 0 Å². The minimum absolute atomic E-state index is 0.0652. The average Bonchev–Trinajstić information content (AvgIpc) is 3.21. The Morgan fingerprint density at radius 2 is 1.93 bits per heavy atom. The van der Waals surface area contributed by atoms with Gasteiger partial charge in [0.25, 0.3) is 5.91 Å². The minimum Gasteiger partial charge on any atom is -0.348 e. The van der Waals surface area contributed by atoms with E-state index in [-0.39, 0.29) is 24.4 Å². The van der Waals surface area contributed by atoms with Crippen molar-refractivity contribution in [2.24, 2.45) is 0 Å². The van der Waals surface area contributed by atoms with Crippen LogP contribution in [0.3, 0.4) is 0 Å². The fourth-order valence-electron chi connectivity index (χ4n) is 2.77. The lowest BCUT2D eigenvalue weighted by atomic mass is 10.1. The second-order valence-corrected chi connectivity index (χ2v) is 6.40. The lowest BCUT2D eigenvalue weighted by Crippen LogP contribution is -2.38. The summed E-state index contributed by atoms with van der Waals surface area (Å²) in [7, 11) is 0. The third-order valence-electron chi connectivity index (χ3n) is 4.26. The first-order valence-corrected chi connectivity index (χ1v) is 8.75. The Labute approximate surface area is 158 Å². The highest BCUT2D eigenvalue weighted by atomic mass is 16.2. The van der Waals surface area contributed by atoms with Crippen LogP contribution in [0.5, 0.6) is 0 Å². The van der Waals surface area contributed by atoms with Crippen molar-refractivity contribution in [3.63, 3.8) is 0 Å². The molecule has 2 amide bonds. The van der Waals surface area contributed by atoms with Gasteiger partial charge in [-0.05, 0) is 43.7 Å². The van der Waals surface area contributed by atoms with Gasteiger partial charge in [0, 0.05) is 23.6 Å². The lowest BCUT2D eigenvalue weighted by molar-refractivity contribution is -0.120. The number of imidazole rings is 1. The minimum atomic E-state index is -0.258. The number of carbonyl (C=O) groups excluding carboxylic acids is 2. The normalized spacial score (nSPS) is 11.6. The molecule has 1 aromatic heterocycles. The standard InChI is InChI=1S/C21H22N4O2/c1-15-4-3-5-18(12-15)21(27)23-13-20(26)24-16(2)17-6-8-19(9-7-17)25-11-10-22-14-25/h3-12,14,16H,13H2,1-2H3,(H,23,27)(H,24,26)/t16-/m1/s1. The molecule has 0 saturated carbocycles. The van der Waals surface area contributed by atoms with Gasteiger partial charge >= 0.3 is 0 Å². The second-order valence-electron chi connectivity index (χ2n) is 6.40. The first kappa shape index (κ1) is 18.4. The molecule has 6 heteroatoms. The van der Waals surface area contributed by atoms with Crippen molar-refractivity contribution in [1.82, 2.24) is 20.2 Å². The largest absolute Gasteiger partial charge is 0.348 e. The summed E-state index contributed by atoms with van der Waals surface area (Å²) in [4.78, 5) is 28.3. The van der Waals surface area contributed by atoms with Gasteiger partial charge < -0.3 is 15.2 Å². The molecule has 0 spiro atoms. The van der Waals surface area contributed by atoms with Crippen LogP contribution in [0.4, 0.5) is 0 Å². The molecular formula is C21H22N4O2. The Bertz CT molecular complexity index is 918. The zero-order chi connectivity index (χ0) is 19.2. The summed E-state index contributed by atoms with van der Waals surface area (Å²) in [6.07, 6.45) is 5.33. The van der Waals surface area contributed by atoms with E-state index in [0.29, 0.717) is 5.56 Å². The van der Waals surface area contributed by atoms with Crippen LogP contribution in [0.2, 0.25) is 0 Å². The van der Waals surface area contributed by atoms with Crippen molar-refractivity contribution in [3.05, 3.63) is 83.9 Å². The van der Waals surface area contributed by atoms with Gasteiger partial charge in [-0.2, -0.15) is 0 Å². The molecule has 0 aliphatic heterocycles. The molecule has 0 fully saturated rings. The van der Waals surface area contributed by atoms with Gasteiger partial charge in [0.05, 0.1) is 18.9 Å². The van der Waals surface area contributed by atoms with E-state index in [1.807, 2.05) is 61.0 Å². The summed E-state index contributed by atoms with van der Waals surface area (Å²) in [5.74, 6) is -0.492. The maximum Gasteiger partial charge on any atom is 0.251 e. The SMILES string of the molecule is Cc1cccc(C(=O)NCC(=O)N[C@H](C)c2ccc(-n3ccnc3)cc2)c1. The molecular weight excluding hydrogens is 340 g/mol. The fraction of sp³-hybridized carbons (Fsp3) is 0.190. The van der Waals surface area contributed by atoms with E-state index in [1.54, 1.807) is 24.7 Å². The highest BCUT2D eigenvalue weighted by Gasteiger charge is 2.12. The first-order chi connectivity index (χ1) is 13.0. The highest BCUT2D eigenvalue weighted by molar-refractivity contribution is 5.96. The molecule has 1 atom stereocenters. The van der Waals surface area contributed by atoms with E-state index in [0.717, 1.165) is 16.8 Å². The number of nitrogens with zero attached hydrogens (tertiary/aromatic N) is 2. The molecule has 27 heavy (non-hydrogen) atoms. The molecule has 0 unspecified atom stereocenters. The molecule has 138 valence electrons. The van der Waals surface area contributed by atoms with E-state index in [1.165, 1.54) is 0 Å². The third-order valence-corrected chi connectivity index (χ3v) is 4.26. The van der Waals surface area contributed by atoms with Crippen LogP contribution >= 0.6 is 0 Å². The number of rotatable bonds is 6. The van der Waals surface area contributed by atoms with Crippen LogP contribution in [-0.4, -0.2) is 27.9 Å². The van der Waals surface area contributed by atoms with E-state index in [9.17, 15) is 9.59 Å². The zero-order valence-corrected chi connectivity index (χ0v) is 15.3. The second kappa shape index (κ2) is 8.31. The van der Waals surface area contributed by atoms with Crippen molar-refractivity contribution in [2.45, 2.75) is 19.9 Å². The first-order valence-electron chi connectivity index (χ1n) is 8.75. The molecule has 0 aliphatic carbocycles. The summed E-state index contributed by atoms with van der Waals surface area (Å²) in [5.41, 5.74) is 3.53. The number of carbonyl (C=O) groups is 2. The molecule has 2 aromatic carbocycles. The summed E-state index contributed by atoms with van der Waals surface area (Å²) in [6, 6.07) is 15.0. The molecule has 3 rings (SSSR count). The molecule has 0 aliphatic rings. The van der Waals surface area contributed by atoms with Gasteiger partial charge in [0.2, 0.25) is 5.91 Å². The molecule has 2 N–H and O–H groups in total. The molecule has 3 aromatic rings. The third kappa shape index (κ3) is 4.82. The highest BCUT2D eigenvalue weighted by Crippen LogP contribution is 2.15. The van der Waals surface area contributed by atoms with E-state index >= 15 is 0 Å². The van der Waals surface area contributed by atoms with Crippen molar-refractivity contribution in [3.8, 4) is 5.69 Å². The number of aryl methyl sites for hydroxylation is 1. The summed E-state index contributed by atoms with van der Waals surface area (Å²) in [5, 5.41) is 5.54. The predicted molar refractivity (Wildman–Crippen MR) is 104 cm³/mol. The molecule has 0 bridgehead atoms. The zero-order valence-electron chi connectivity index (χ0n) is 15.3. The Morgan fingerprint density at radius 1 is 1.15 bits per heavy atom. The van der Waals surface area contributed by atoms with Gasteiger partial charge in [0.1, 0.15) is 0 Å². The van der Waals surface area contributed by atoms with Gasteiger partial charge in [-0.15, -0.1) is 0 Å². The van der Waals surface area contributed by atoms with Crippen LogP contribution in [0.1, 0.15) is 34.5 Å². The summed E-state index contributed by atoms with van der Waals surface area (Å²) in [6.45, 7) is 3.76. The number of benzene rings is 2. The maximum atomic E-state index is 12.1. The Morgan fingerprint density at radius 3 is 2.59 bits per heavy atom. The van der Waals surface area contributed by atoms with Crippen molar-refractivity contribution in [1.29, 1.82) is 0 Å². The van der Waals surface area contributed by atoms with E-state index in [2.05, 4.69) is 15.6 Å². The number of amides is 2. The van der Waals surface area contributed by atoms with Crippen LogP contribution < -0.4 is 10.6 Å². The van der Waals surface area contributed by atoms with Crippen LogP contribution in [0.25, 0.3) is 5.69 Å². The van der Waals surface area contributed by atoms with Crippen molar-refractivity contribution < 1.29 is 9.59 Å². The molecule has 1 heterocycles. The molecule has 0 radical (unpaired) electrons. The Kier molecular flexibility index (Phi) is 5.66.